The Morgan fingerprint density at radius 2 is 1.88 bits per heavy atom. The highest BCUT2D eigenvalue weighted by atomic mass is 16.1. The molecule has 138 valence electrons. The number of carbonyl (C=O) groups is 1. The van der Waals surface area contributed by atoms with Crippen LogP contribution < -0.4 is 10.6 Å². The van der Waals surface area contributed by atoms with E-state index in [0.29, 0.717) is 23.3 Å². The minimum atomic E-state index is -0.108. The lowest BCUT2D eigenvalue weighted by atomic mass is 10.1. The normalized spacial score (nSPS) is 14.6. The fraction of sp³-hybridized carbons (Fsp3) is 0.476. The zero-order valence-electron chi connectivity index (χ0n) is 15.7. The third-order valence-electron chi connectivity index (χ3n) is 4.71. The molecule has 1 aromatic carbocycles. The van der Waals surface area contributed by atoms with E-state index in [1.807, 2.05) is 30.3 Å². The quantitative estimate of drug-likeness (QED) is 0.781. The zero-order valence-corrected chi connectivity index (χ0v) is 15.7. The maximum Gasteiger partial charge on any atom is 0.270 e. The average molecular weight is 352 g/mol. The molecule has 5 heteroatoms. The molecule has 1 aromatic heterocycles. The summed E-state index contributed by atoms with van der Waals surface area (Å²) in [7, 11) is 0. The van der Waals surface area contributed by atoms with E-state index in [-0.39, 0.29) is 11.9 Å². The van der Waals surface area contributed by atoms with Crippen LogP contribution in [0.4, 0.5) is 5.82 Å². The van der Waals surface area contributed by atoms with Gasteiger partial charge in [0.1, 0.15) is 11.5 Å². The first-order valence-electron chi connectivity index (χ1n) is 9.61. The molecule has 26 heavy (non-hydrogen) atoms. The monoisotopic (exact) mass is 352 g/mol. The number of rotatable bonds is 7. The molecule has 3 rings (SSSR count). The van der Waals surface area contributed by atoms with Gasteiger partial charge < -0.3 is 10.6 Å². The number of hydrogen-bond acceptors (Lipinski definition) is 4. The first-order chi connectivity index (χ1) is 12.6. The van der Waals surface area contributed by atoms with Gasteiger partial charge in [-0.05, 0) is 25.2 Å². The molecule has 1 saturated carbocycles. The van der Waals surface area contributed by atoms with E-state index in [4.69, 9.17) is 0 Å². The van der Waals surface area contributed by atoms with Crippen LogP contribution in [0.2, 0.25) is 0 Å². The minimum absolute atomic E-state index is 0.108. The van der Waals surface area contributed by atoms with E-state index in [1.165, 1.54) is 12.8 Å². The summed E-state index contributed by atoms with van der Waals surface area (Å²) >= 11 is 0. The molecule has 0 aliphatic heterocycles. The van der Waals surface area contributed by atoms with E-state index < -0.39 is 0 Å². The number of aromatic nitrogens is 2. The summed E-state index contributed by atoms with van der Waals surface area (Å²) in [5.74, 6) is 1.79. The first kappa shape index (κ1) is 18.4. The van der Waals surface area contributed by atoms with E-state index in [0.717, 1.165) is 31.4 Å². The second-order valence-corrected chi connectivity index (χ2v) is 7.39. The van der Waals surface area contributed by atoms with Gasteiger partial charge >= 0.3 is 0 Å². The maximum atomic E-state index is 12.7. The summed E-state index contributed by atoms with van der Waals surface area (Å²) in [4.78, 5) is 21.8. The van der Waals surface area contributed by atoms with Crippen molar-refractivity contribution in [1.82, 2.24) is 15.3 Å². The topological polar surface area (TPSA) is 66.9 Å². The van der Waals surface area contributed by atoms with E-state index in [9.17, 15) is 4.79 Å². The largest absolute Gasteiger partial charge is 0.370 e. The number of amides is 1. The summed E-state index contributed by atoms with van der Waals surface area (Å²) in [6.45, 7) is 5.21. The maximum absolute atomic E-state index is 12.7. The lowest BCUT2D eigenvalue weighted by Gasteiger charge is -2.14. The second kappa shape index (κ2) is 8.79. The van der Waals surface area contributed by atoms with Crippen LogP contribution in [0.15, 0.2) is 36.4 Å². The minimum Gasteiger partial charge on any atom is -0.370 e. The molecule has 1 aliphatic rings. The Morgan fingerprint density at radius 3 is 2.58 bits per heavy atom. The van der Waals surface area contributed by atoms with Crippen molar-refractivity contribution in [2.75, 3.05) is 11.9 Å². The molecule has 0 bridgehead atoms. The van der Waals surface area contributed by atoms with Crippen LogP contribution in [0.3, 0.4) is 0 Å². The van der Waals surface area contributed by atoms with Gasteiger partial charge in [0.2, 0.25) is 0 Å². The molecule has 5 nitrogen and oxygen atoms in total. The fourth-order valence-corrected chi connectivity index (χ4v) is 3.19. The fourth-order valence-electron chi connectivity index (χ4n) is 3.19. The molecule has 2 aromatic rings. The van der Waals surface area contributed by atoms with Gasteiger partial charge in [0.15, 0.2) is 5.82 Å². The number of benzene rings is 1. The van der Waals surface area contributed by atoms with Crippen LogP contribution in [-0.4, -0.2) is 28.5 Å². The second-order valence-electron chi connectivity index (χ2n) is 7.39. The Kier molecular flexibility index (Phi) is 6.21. The Balaban J connectivity index is 1.82. The Hall–Kier alpha value is -2.43. The lowest BCUT2D eigenvalue weighted by molar-refractivity contribution is 0.0933. The summed E-state index contributed by atoms with van der Waals surface area (Å²) in [6, 6.07) is 11.8. The van der Waals surface area contributed by atoms with Crippen molar-refractivity contribution in [2.24, 2.45) is 5.92 Å². The molecule has 0 unspecified atom stereocenters. The average Bonchev–Trinajstić information content (AvgIpc) is 3.15. The lowest BCUT2D eigenvalue weighted by Crippen LogP contribution is -2.33. The number of hydrogen-bond donors (Lipinski definition) is 2. The van der Waals surface area contributed by atoms with Crippen molar-refractivity contribution in [3.05, 3.63) is 42.1 Å². The third kappa shape index (κ3) is 5.04. The first-order valence-corrected chi connectivity index (χ1v) is 9.61. The van der Waals surface area contributed by atoms with Gasteiger partial charge in [-0.3, -0.25) is 4.79 Å². The van der Waals surface area contributed by atoms with Crippen LogP contribution in [0, 0.1) is 5.92 Å². The molecule has 1 fully saturated rings. The van der Waals surface area contributed by atoms with Gasteiger partial charge in [-0.2, -0.15) is 0 Å². The van der Waals surface area contributed by atoms with Gasteiger partial charge in [-0.15, -0.1) is 0 Å². The molecular weight excluding hydrogens is 324 g/mol. The number of carbonyl (C=O) groups excluding carboxylic acids is 1. The Bertz CT molecular complexity index is 724. The third-order valence-corrected chi connectivity index (χ3v) is 4.71. The molecule has 0 radical (unpaired) electrons. The van der Waals surface area contributed by atoms with Crippen molar-refractivity contribution < 1.29 is 4.79 Å². The predicted molar refractivity (Wildman–Crippen MR) is 105 cm³/mol. The summed E-state index contributed by atoms with van der Waals surface area (Å²) in [5, 5.41) is 6.46. The van der Waals surface area contributed by atoms with Gasteiger partial charge in [0, 0.05) is 24.2 Å². The standard InChI is InChI=1S/C21H28N4O/c1-15(2)12-13-22-19-14-18(21(26)23-17-10-6-7-11-17)24-20(25-19)16-8-4-3-5-9-16/h3-5,8-9,14-15,17H,6-7,10-13H2,1-2H3,(H,23,26)(H,22,24,25). The molecule has 0 spiro atoms. The SMILES string of the molecule is CC(C)CCNc1cc(C(=O)NC2CCCC2)nc(-c2ccccc2)n1. The van der Waals surface area contributed by atoms with Gasteiger partial charge in [-0.1, -0.05) is 57.0 Å². The Morgan fingerprint density at radius 1 is 1.15 bits per heavy atom. The molecule has 1 amide bonds. The summed E-state index contributed by atoms with van der Waals surface area (Å²) in [6.07, 6.45) is 5.54. The molecule has 2 N–H and O–H groups in total. The molecule has 1 aliphatic carbocycles. The van der Waals surface area contributed by atoms with Crippen LogP contribution in [0.25, 0.3) is 11.4 Å². The molecular formula is C21H28N4O. The Labute approximate surface area is 155 Å². The highest BCUT2D eigenvalue weighted by Gasteiger charge is 2.20. The van der Waals surface area contributed by atoms with E-state index >= 15 is 0 Å². The predicted octanol–water partition coefficient (Wildman–Crippen LogP) is 4.27. The van der Waals surface area contributed by atoms with Crippen molar-refractivity contribution in [3.63, 3.8) is 0 Å². The highest BCUT2D eigenvalue weighted by Crippen LogP contribution is 2.20. The molecule has 1 heterocycles. The number of nitrogens with one attached hydrogen (secondary N) is 2. The van der Waals surface area contributed by atoms with Crippen molar-refractivity contribution in [1.29, 1.82) is 0 Å². The smallest absolute Gasteiger partial charge is 0.270 e. The van der Waals surface area contributed by atoms with Gasteiger partial charge in [0.05, 0.1) is 0 Å². The molecule has 0 atom stereocenters. The summed E-state index contributed by atoms with van der Waals surface area (Å²) in [5.41, 5.74) is 1.34. The van der Waals surface area contributed by atoms with Gasteiger partial charge in [-0.25, -0.2) is 9.97 Å². The molecule has 0 saturated heterocycles. The van der Waals surface area contributed by atoms with Crippen molar-refractivity contribution in [2.45, 2.75) is 52.0 Å². The van der Waals surface area contributed by atoms with Crippen LogP contribution >= 0.6 is 0 Å². The van der Waals surface area contributed by atoms with Gasteiger partial charge in [0.25, 0.3) is 5.91 Å². The highest BCUT2D eigenvalue weighted by molar-refractivity contribution is 5.93. The zero-order chi connectivity index (χ0) is 18.4. The van der Waals surface area contributed by atoms with Crippen LogP contribution in [0.5, 0.6) is 0 Å². The van der Waals surface area contributed by atoms with Crippen LogP contribution in [-0.2, 0) is 0 Å². The van der Waals surface area contributed by atoms with Crippen LogP contribution in [0.1, 0.15) is 56.4 Å². The number of anilines is 1. The van der Waals surface area contributed by atoms with Crippen molar-refractivity contribution >= 4 is 11.7 Å². The van der Waals surface area contributed by atoms with E-state index in [1.54, 1.807) is 6.07 Å². The van der Waals surface area contributed by atoms with E-state index in [2.05, 4.69) is 34.4 Å². The van der Waals surface area contributed by atoms with Crippen molar-refractivity contribution in [3.8, 4) is 11.4 Å². The summed E-state index contributed by atoms with van der Waals surface area (Å²) < 4.78 is 0. The number of nitrogens with zero attached hydrogens (tertiary/aromatic N) is 2.